The number of fused-ring (bicyclic) bond motifs is 1. The highest BCUT2D eigenvalue weighted by molar-refractivity contribution is 5.94. The molecule has 1 aliphatic heterocycles. The van der Waals surface area contributed by atoms with E-state index in [9.17, 15) is 4.79 Å². The molecule has 2 aliphatic rings. The molecule has 3 nitrogen and oxygen atoms in total. The molecule has 1 atom stereocenters. The zero-order valence-electron chi connectivity index (χ0n) is 10.4. The molecule has 3 heteroatoms. The Bertz CT molecular complexity index is 493. The number of rotatable bonds is 2. The molecule has 0 fully saturated rings. The molecule has 18 heavy (non-hydrogen) atoms. The molecule has 0 spiro atoms. The Morgan fingerprint density at radius 2 is 2.11 bits per heavy atom. The molecular formula is C15H18N2O. The maximum absolute atomic E-state index is 12.2. The number of benzene rings is 1. The lowest BCUT2D eigenvalue weighted by molar-refractivity contribution is 0.0934. The Morgan fingerprint density at radius 1 is 1.22 bits per heavy atom. The fraction of sp³-hybridized carbons (Fsp3) is 0.400. The molecule has 1 unspecified atom stereocenters. The number of nitrogens with one attached hydrogen (secondary N) is 2. The second-order valence-corrected chi connectivity index (χ2v) is 5.04. The Morgan fingerprint density at radius 3 is 2.94 bits per heavy atom. The highest BCUT2D eigenvalue weighted by Gasteiger charge is 2.16. The van der Waals surface area contributed by atoms with E-state index < -0.39 is 0 Å². The quantitative estimate of drug-likeness (QED) is 0.780. The van der Waals surface area contributed by atoms with Crippen LogP contribution in [0.2, 0.25) is 0 Å². The lowest BCUT2D eigenvalue weighted by Gasteiger charge is -2.19. The predicted octanol–water partition coefficient (Wildman–Crippen LogP) is 2.13. The molecule has 1 aromatic carbocycles. The molecule has 1 aliphatic carbocycles. The van der Waals surface area contributed by atoms with E-state index in [-0.39, 0.29) is 5.91 Å². The number of carbonyl (C=O) groups is 1. The number of hydrogen-bond donors (Lipinski definition) is 2. The average Bonchev–Trinajstić information content (AvgIpc) is 2.87. The topological polar surface area (TPSA) is 41.1 Å². The molecule has 3 rings (SSSR count). The Kier molecular flexibility index (Phi) is 3.15. The van der Waals surface area contributed by atoms with Crippen molar-refractivity contribution >= 4 is 5.91 Å². The summed E-state index contributed by atoms with van der Waals surface area (Å²) in [6, 6.07) is 6.31. The van der Waals surface area contributed by atoms with Gasteiger partial charge in [0, 0.05) is 24.7 Å². The van der Waals surface area contributed by atoms with E-state index in [1.54, 1.807) is 0 Å². The smallest absolute Gasteiger partial charge is 0.251 e. The predicted molar refractivity (Wildman–Crippen MR) is 71.2 cm³/mol. The van der Waals surface area contributed by atoms with E-state index in [2.05, 4.69) is 28.9 Å². The fourth-order valence-corrected chi connectivity index (χ4v) is 2.63. The molecule has 1 aromatic rings. The van der Waals surface area contributed by atoms with Gasteiger partial charge in [0.05, 0.1) is 0 Å². The molecule has 2 N–H and O–H groups in total. The van der Waals surface area contributed by atoms with Crippen LogP contribution in [0.1, 0.15) is 40.7 Å². The lowest BCUT2D eigenvalue weighted by atomic mass is 10.0. The maximum Gasteiger partial charge on any atom is 0.251 e. The molecule has 0 aromatic heterocycles. The number of carbonyl (C=O) groups excluding carboxylic acids is 1. The van der Waals surface area contributed by atoms with E-state index in [1.165, 1.54) is 11.1 Å². The first-order valence-electron chi connectivity index (χ1n) is 6.61. The lowest BCUT2D eigenvalue weighted by Crippen LogP contribution is -2.35. The highest BCUT2D eigenvalue weighted by Crippen LogP contribution is 2.18. The minimum atomic E-state index is 0.0602. The summed E-state index contributed by atoms with van der Waals surface area (Å²) in [5.41, 5.74) is 3.35. The van der Waals surface area contributed by atoms with Crippen molar-refractivity contribution in [3.8, 4) is 0 Å². The van der Waals surface area contributed by atoms with Gasteiger partial charge in [-0.1, -0.05) is 18.2 Å². The van der Waals surface area contributed by atoms with Crippen LogP contribution < -0.4 is 10.6 Å². The molecule has 94 valence electrons. The van der Waals surface area contributed by atoms with Crippen molar-refractivity contribution in [3.63, 3.8) is 0 Å². The molecule has 0 saturated carbocycles. The summed E-state index contributed by atoms with van der Waals surface area (Å²) in [5.74, 6) is 0.0602. The van der Waals surface area contributed by atoms with Crippen LogP contribution in [0.5, 0.6) is 0 Å². The third-order valence-corrected chi connectivity index (χ3v) is 3.70. The van der Waals surface area contributed by atoms with Crippen LogP contribution in [0, 0.1) is 0 Å². The van der Waals surface area contributed by atoms with Crippen molar-refractivity contribution in [1.29, 1.82) is 0 Å². The first kappa shape index (κ1) is 11.5. The van der Waals surface area contributed by atoms with Crippen LogP contribution >= 0.6 is 0 Å². The maximum atomic E-state index is 12.2. The second kappa shape index (κ2) is 4.94. The van der Waals surface area contributed by atoms with Crippen LogP contribution in [-0.2, 0) is 13.1 Å². The van der Waals surface area contributed by atoms with Gasteiger partial charge < -0.3 is 10.6 Å². The third kappa shape index (κ3) is 2.31. The summed E-state index contributed by atoms with van der Waals surface area (Å²) in [7, 11) is 0. The van der Waals surface area contributed by atoms with Gasteiger partial charge in [-0.05, 0) is 42.5 Å². The van der Waals surface area contributed by atoms with Gasteiger partial charge in [0.1, 0.15) is 0 Å². The van der Waals surface area contributed by atoms with Gasteiger partial charge in [-0.2, -0.15) is 0 Å². The van der Waals surface area contributed by atoms with E-state index in [0.717, 1.165) is 37.9 Å². The summed E-state index contributed by atoms with van der Waals surface area (Å²) >= 11 is 0. The van der Waals surface area contributed by atoms with Crippen molar-refractivity contribution in [2.45, 2.75) is 38.4 Å². The monoisotopic (exact) mass is 242 g/mol. The van der Waals surface area contributed by atoms with Crippen LogP contribution in [0.3, 0.4) is 0 Å². The van der Waals surface area contributed by atoms with Crippen LogP contribution in [0.4, 0.5) is 0 Å². The van der Waals surface area contributed by atoms with Gasteiger partial charge in [0.25, 0.3) is 5.91 Å². The van der Waals surface area contributed by atoms with Gasteiger partial charge >= 0.3 is 0 Å². The third-order valence-electron chi connectivity index (χ3n) is 3.70. The van der Waals surface area contributed by atoms with Crippen molar-refractivity contribution in [2.75, 3.05) is 0 Å². The van der Waals surface area contributed by atoms with Crippen molar-refractivity contribution in [3.05, 3.63) is 47.0 Å². The fourth-order valence-electron chi connectivity index (χ4n) is 2.63. The minimum absolute atomic E-state index is 0.0602. The normalized spacial score (nSPS) is 21.7. The van der Waals surface area contributed by atoms with Gasteiger partial charge in [-0.25, -0.2) is 0 Å². The number of amides is 1. The van der Waals surface area contributed by atoms with Crippen LogP contribution in [0.15, 0.2) is 30.4 Å². The summed E-state index contributed by atoms with van der Waals surface area (Å²) in [6.07, 6.45) is 7.41. The molecule has 0 bridgehead atoms. The van der Waals surface area contributed by atoms with Gasteiger partial charge in [0.15, 0.2) is 0 Å². The van der Waals surface area contributed by atoms with Crippen LogP contribution in [0.25, 0.3) is 0 Å². The standard InChI is InChI=1S/C15H18N2O/c18-15(17-14-4-2-1-3-5-14)11-6-7-12-9-16-10-13(12)8-11/h1-2,6-8,14,16H,3-5,9-10H2,(H,17,18). The summed E-state index contributed by atoms with van der Waals surface area (Å²) in [4.78, 5) is 12.2. The van der Waals surface area contributed by atoms with Crippen molar-refractivity contribution in [1.82, 2.24) is 10.6 Å². The molecule has 1 heterocycles. The zero-order chi connectivity index (χ0) is 12.4. The zero-order valence-corrected chi connectivity index (χ0v) is 10.4. The van der Waals surface area contributed by atoms with Crippen molar-refractivity contribution in [2.24, 2.45) is 0 Å². The Balaban J connectivity index is 1.70. The van der Waals surface area contributed by atoms with E-state index in [0.29, 0.717) is 6.04 Å². The first-order chi connectivity index (χ1) is 8.83. The summed E-state index contributed by atoms with van der Waals surface area (Å²) in [6.45, 7) is 1.80. The summed E-state index contributed by atoms with van der Waals surface area (Å²) in [5, 5.41) is 6.41. The van der Waals surface area contributed by atoms with Gasteiger partial charge in [-0.3, -0.25) is 4.79 Å². The highest BCUT2D eigenvalue weighted by atomic mass is 16.1. The van der Waals surface area contributed by atoms with Crippen LogP contribution in [-0.4, -0.2) is 11.9 Å². The molecule has 1 amide bonds. The average molecular weight is 242 g/mol. The molecule has 0 radical (unpaired) electrons. The van der Waals surface area contributed by atoms with Gasteiger partial charge in [0.2, 0.25) is 0 Å². The Labute approximate surface area is 107 Å². The van der Waals surface area contributed by atoms with Gasteiger partial charge in [-0.15, -0.1) is 0 Å². The molecular weight excluding hydrogens is 224 g/mol. The second-order valence-electron chi connectivity index (χ2n) is 5.04. The van der Waals surface area contributed by atoms with E-state index in [1.807, 2.05) is 12.1 Å². The van der Waals surface area contributed by atoms with E-state index in [4.69, 9.17) is 0 Å². The number of allylic oxidation sites excluding steroid dienone is 1. The van der Waals surface area contributed by atoms with E-state index >= 15 is 0 Å². The van der Waals surface area contributed by atoms with Crippen molar-refractivity contribution < 1.29 is 4.79 Å². The number of hydrogen-bond acceptors (Lipinski definition) is 2. The molecule has 0 saturated heterocycles. The largest absolute Gasteiger partial charge is 0.349 e. The minimum Gasteiger partial charge on any atom is -0.349 e. The Hall–Kier alpha value is -1.61. The summed E-state index contributed by atoms with van der Waals surface area (Å²) < 4.78 is 0. The first-order valence-corrected chi connectivity index (χ1v) is 6.61. The SMILES string of the molecule is O=C(NC1CC=CCC1)c1ccc2c(c1)CNC2.